The van der Waals surface area contributed by atoms with Crippen LogP contribution < -0.4 is 9.80 Å². The molecular formula is C42H46N4O8. The quantitative estimate of drug-likeness (QED) is 0.0838. The molecule has 0 fully saturated rings. The summed E-state index contributed by atoms with van der Waals surface area (Å²) in [6.07, 6.45) is 0.767. The highest BCUT2D eigenvalue weighted by Gasteiger charge is 2.47. The Morgan fingerprint density at radius 3 is 1.30 bits per heavy atom. The first kappa shape index (κ1) is 38.0. The van der Waals surface area contributed by atoms with E-state index in [-0.39, 0.29) is 36.5 Å². The van der Waals surface area contributed by atoms with Gasteiger partial charge in [-0.2, -0.15) is 0 Å². The number of hydrogen-bond acceptors (Lipinski definition) is 10. The van der Waals surface area contributed by atoms with Gasteiger partial charge in [0.2, 0.25) is 0 Å². The molecule has 12 heteroatoms. The van der Waals surface area contributed by atoms with Crippen molar-refractivity contribution in [3.05, 3.63) is 140 Å². The molecule has 54 heavy (non-hydrogen) atoms. The molecule has 0 aliphatic carbocycles. The molecule has 4 atom stereocenters. The number of nitro groups is 2. The lowest BCUT2D eigenvalue weighted by Crippen LogP contribution is -2.49. The Hall–Kier alpha value is -5.78. The average molecular weight is 735 g/mol. The van der Waals surface area contributed by atoms with E-state index in [0.29, 0.717) is 12.8 Å². The molecule has 0 unspecified atom stereocenters. The largest absolute Gasteiger partial charge is 0.463 e. The third-order valence-corrected chi connectivity index (χ3v) is 10.0. The highest BCUT2D eigenvalue weighted by molar-refractivity contribution is 5.76. The van der Waals surface area contributed by atoms with Gasteiger partial charge in [-0.15, -0.1) is 0 Å². The van der Waals surface area contributed by atoms with Crippen LogP contribution >= 0.6 is 0 Å². The van der Waals surface area contributed by atoms with Crippen molar-refractivity contribution in [3.63, 3.8) is 0 Å². The lowest BCUT2D eigenvalue weighted by molar-refractivity contribution is -0.385. The summed E-state index contributed by atoms with van der Waals surface area (Å²) < 4.78 is 12.0. The van der Waals surface area contributed by atoms with Gasteiger partial charge >= 0.3 is 11.9 Å². The Morgan fingerprint density at radius 2 is 0.981 bits per heavy atom. The third-order valence-electron chi connectivity index (χ3n) is 10.0. The van der Waals surface area contributed by atoms with Gasteiger partial charge in [-0.3, -0.25) is 29.8 Å². The van der Waals surface area contributed by atoms with Crippen LogP contribution in [0.25, 0.3) is 0 Å². The summed E-state index contributed by atoms with van der Waals surface area (Å²) in [4.78, 5) is 53.8. The molecular weight excluding hydrogens is 688 g/mol. The third kappa shape index (κ3) is 7.78. The molecule has 2 aliphatic rings. The minimum atomic E-state index is -0.750. The fraction of sp³-hybridized carbons (Fsp3) is 0.381. The van der Waals surface area contributed by atoms with E-state index in [1.807, 2.05) is 60.7 Å². The summed E-state index contributed by atoms with van der Waals surface area (Å²) in [5.74, 6) is -0.730. The van der Waals surface area contributed by atoms with Crippen molar-refractivity contribution in [1.29, 1.82) is 0 Å². The van der Waals surface area contributed by atoms with Crippen LogP contribution in [0.1, 0.15) is 75.9 Å². The first-order valence-corrected chi connectivity index (χ1v) is 18.1. The Morgan fingerprint density at radius 1 is 0.630 bits per heavy atom. The van der Waals surface area contributed by atoms with Gasteiger partial charge in [-0.1, -0.05) is 60.7 Å². The van der Waals surface area contributed by atoms with E-state index in [4.69, 9.17) is 9.47 Å². The first-order chi connectivity index (χ1) is 25.5. The van der Waals surface area contributed by atoms with Crippen molar-refractivity contribution < 1.29 is 28.9 Å². The zero-order valence-electron chi connectivity index (χ0n) is 31.4. The summed E-state index contributed by atoms with van der Waals surface area (Å²) in [5, 5.41) is 23.9. The van der Waals surface area contributed by atoms with Crippen LogP contribution in [0.4, 0.5) is 22.7 Å². The Balaban J connectivity index is 1.57. The molecule has 2 heterocycles. The van der Waals surface area contributed by atoms with Crippen molar-refractivity contribution in [3.8, 4) is 0 Å². The number of benzene rings is 4. The molecule has 0 spiro atoms. The number of hydrogen-bond donors (Lipinski definition) is 0. The van der Waals surface area contributed by atoms with E-state index >= 15 is 0 Å². The SMILES string of the molecule is CC(C)(C)C(=O)OC[C@H]1Cc2cc([N+](=O)[O-])ccc2N1[C@@H](c1ccccc1)[C@H](c1ccccc1)N1c2ccc([N+](=O)[O-])cc2C[C@@H]1COC(=O)C(C)(C)C. The molecule has 12 nitrogen and oxygen atoms in total. The summed E-state index contributed by atoms with van der Waals surface area (Å²) in [5.41, 5.74) is 3.32. The molecule has 282 valence electrons. The minimum Gasteiger partial charge on any atom is -0.463 e. The van der Waals surface area contributed by atoms with E-state index in [1.165, 1.54) is 12.1 Å². The molecule has 0 saturated heterocycles. The van der Waals surface area contributed by atoms with Gasteiger partial charge in [0, 0.05) is 35.6 Å². The maximum Gasteiger partial charge on any atom is 0.311 e. The number of carbonyl (C=O) groups is 2. The first-order valence-electron chi connectivity index (χ1n) is 18.1. The average Bonchev–Trinajstić information content (AvgIpc) is 3.68. The zero-order chi connectivity index (χ0) is 38.9. The van der Waals surface area contributed by atoms with Crippen LogP contribution in [0.3, 0.4) is 0 Å². The zero-order valence-corrected chi connectivity index (χ0v) is 31.4. The molecule has 6 rings (SSSR count). The maximum absolute atomic E-state index is 13.2. The van der Waals surface area contributed by atoms with Gasteiger partial charge in [0.15, 0.2) is 0 Å². The van der Waals surface area contributed by atoms with Gasteiger partial charge in [0.05, 0.1) is 44.8 Å². The van der Waals surface area contributed by atoms with E-state index in [1.54, 1.807) is 65.8 Å². The standard InChI is InChI=1S/C42H46N4O8/c1-41(2,3)39(47)53-25-33-23-29-21-31(45(49)50)17-19-35(29)43(33)37(27-13-9-7-10-14-27)38(28-15-11-8-12-16-28)44-34(26-54-40(48)42(4,5)6)24-30-22-32(46(51)52)18-20-36(30)44/h7-22,33-34,37-38H,23-26H2,1-6H3/t33-,34-,37+,38+/m1/s1. The van der Waals surface area contributed by atoms with Gasteiger partial charge in [0.25, 0.3) is 11.4 Å². The maximum atomic E-state index is 13.2. The molecule has 0 saturated carbocycles. The fourth-order valence-corrected chi connectivity index (χ4v) is 7.40. The predicted octanol–water partition coefficient (Wildman–Crippen LogP) is 8.33. The van der Waals surface area contributed by atoms with Crippen LogP contribution in [-0.4, -0.2) is 47.1 Å². The highest BCUT2D eigenvalue weighted by Crippen LogP contribution is 2.51. The Labute approximate surface area is 315 Å². The molecule has 0 aromatic heterocycles. The number of non-ortho nitro benzene ring substituents is 2. The monoisotopic (exact) mass is 734 g/mol. The lowest BCUT2D eigenvalue weighted by Gasteiger charge is -2.46. The summed E-state index contributed by atoms with van der Waals surface area (Å²) >= 11 is 0. The molecule has 0 N–H and O–H groups in total. The number of anilines is 2. The fourth-order valence-electron chi connectivity index (χ4n) is 7.40. The van der Waals surface area contributed by atoms with Crippen molar-refractivity contribution in [1.82, 2.24) is 0 Å². The number of nitrogens with zero attached hydrogens (tertiary/aromatic N) is 4. The van der Waals surface area contributed by atoms with Crippen LogP contribution in [0.5, 0.6) is 0 Å². The van der Waals surface area contributed by atoms with Crippen molar-refractivity contribution in [2.24, 2.45) is 10.8 Å². The number of ether oxygens (including phenoxy) is 2. The van der Waals surface area contributed by atoms with Crippen LogP contribution in [0.15, 0.2) is 97.1 Å². The Kier molecular flexibility index (Phi) is 10.5. The molecule has 4 aromatic rings. The normalized spacial score (nSPS) is 17.7. The van der Waals surface area contributed by atoms with Gasteiger partial charge in [-0.05, 0) is 88.8 Å². The second-order valence-electron chi connectivity index (χ2n) is 16.1. The van der Waals surface area contributed by atoms with Crippen LogP contribution in [0, 0.1) is 31.1 Å². The molecule has 0 amide bonds. The second kappa shape index (κ2) is 14.9. The predicted molar refractivity (Wildman–Crippen MR) is 205 cm³/mol. The molecule has 2 aliphatic heterocycles. The topological polar surface area (TPSA) is 145 Å². The van der Waals surface area contributed by atoms with Crippen LogP contribution in [-0.2, 0) is 31.9 Å². The smallest absolute Gasteiger partial charge is 0.311 e. The summed E-state index contributed by atoms with van der Waals surface area (Å²) in [7, 11) is 0. The number of rotatable bonds is 11. The van der Waals surface area contributed by atoms with Gasteiger partial charge in [-0.25, -0.2) is 0 Å². The number of nitro benzene ring substituents is 2. The van der Waals surface area contributed by atoms with E-state index in [9.17, 15) is 29.8 Å². The number of esters is 2. The molecule has 0 bridgehead atoms. The minimum absolute atomic E-state index is 0.0266. The second-order valence-corrected chi connectivity index (χ2v) is 16.1. The summed E-state index contributed by atoms with van der Waals surface area (Å²) in [6, 6.07) is 27.7. The lowest BCUT2D eigenvalue weighted by atomic mass is 9.89. The Bertz CT molecular complexity index is 1890. The van der Waals surface area contributed by atoms with Crippen molar-refractivity contribution in [2.75, 3.05) is 23.0 Å². The molecule has 4 aromatic carbocycles. The summed E-state index contributed by atoms with van der Waals surface area (Å²) in [6.45, 7) is 10.8. The number of fused-ring (bicyclic) bond motifs is 2. The van der Waals surface area contributed by atoms with E-state index in [0.717, 1.165) is 33.6 Å². The number of carbonyl (C=O) groups excluding carboxylic acids is 2. The van der Waals surface area contributed by atoms with Crippen LogP contribution in [0.2, 0.25) is 0 Å². The van der Waals surface area contributed by atoms with E-state index in [2.05, 4.69) is 9.80 Å². The van der Waals surface area contributed by atoms with Gasteiger partial charge in [0.1, 0.15) is 13.2 Å². The van der Waals surface area contributed by atoms with Gasteiger partial charge < -0.3 is 19.3 Å². The van der Waals surface area contributed by atoms with Crippen molar-refractivity contribution >= 4 is 34.7 Å². The highest BCUT2D eigenvalue weighted by atomic mass is 16.6. The van der Waals surface area contributed by atoms with Crippen molar-refractivity contribution in [2.45, 2.75) is 78.6 Å². The molecule has 0 radical (unpaired) electrons. The van der Waals surface area contributed by atoms with E-state index < -0.39 is 44.8 Å².